The number of halogens is 1. The smallest absolute Gasteiger partial charge is 0.161 e. The molecule has 0 aliphatic carbocycles. The minimum Gasteiger partial charge on any atom is -0.493 e. The summed E-state index contributed by atoms with van der Waals surface area (Å²) in [6, 6.07) is 22.9. The van der Waals surface area contributed by atoms with E-state index in [1.165, 1.54) is 22.3 Å². The van der Waals surface area contributed by atoms with Gasteiger partial charge in [0.1, 0.15) is 0 Å². The summed E-state index contributed by atoms with van der Waals surface area (Å²) < 4.78 is 11.1. The van der Waals surface area contributed by atoms with Crippen molar-refractivity contribution in [2.45, 2.75) is 12.5 Å². The number of hydrogen-bond acceptors (Lipinski definition) is 3. The summed E-state index contributed by atoms with van der Waals surface area (Å²) in [6.45, 7) is 1.80. The van der Waals surface area contributed by atoms with Crippen molar-refractivity contribution in [3.8, 4) is 11.5 Å². The van der Waals surface area contributed by atoms with Crippen LogP contribution in [0, 0.1) is 0 Å². The molecule has 4 heteroatoms. The molecule has 1 aliphatic rings. The zero-order chi connectivity index (χ0) is 20.9. The van der Waals surface area contributed by atoms with E-state index >= 15 is 0 Å². The minimum absolute atomic E-state index is 0.104. The highest BCUT2D eigenvalue weighted by Crippen LogP contribution is 2.41. The number of methoxy groups -OCH3 is 2. The zero-order valence-corrected chi connectivity index (χ0v) is 18.1. The normalized spacial score (nSPS) is 16.4. The molecule has 3 nitrogen and oxygen atoms in total. The third-order valence-electron chi connectivity index (χ3n) is 5.59. The van der Waals surface area contributed by atoms with Crippen LogP contribution in [0.3, 0.4) is 0 Å². The van der Waals surface area contributed by atoms with Crippen LogP contribution in [-0.4, -0.2) is 32.2 Å². The maximum atomic E-state index is 6.35. The van der Waals surface area contributed by atoms with Gasteiger partial charge in [0, 0.05) is 18.1 Å². The van der Waals surface area contributed by atoms with E-state index in [9.17, 15) is 0 Å². The predicted molar refractivity (Wildman–Crippen MR) is 124 cm³/mol. The van der Waals surface area contributed by atoms with Crippen LogP contribution < -0.4 is 9.47 Å². The molecule has 1 heterocycles. The van der Waals surface area contributed by atoms with Crippen molar-refractivity contribution >= 4 is 17.7 Å². The SMILES string of the molecule is COc1cc2c(cc1OC)[C@@H](c1cccc(Cl)c1)N(C/C=C/c1ccccc1)CC2. The molecule has 0 saturated carbocycles. The third kappa shape index (κ3) is 4.38. The standard InChI is InChI=1S/C26H26ClNO2/c1-29-24-17-20-13-15-28(14-7-10-19-8-4-3-5-9-19)26(23(20)18-25(24)30-2)21-11-6-12-22(27)16-21/h3-12,16-18,26H,13-15H2,1-2H3/b10-7+/t26-/m1/s1. The Kier molecular flexibility index (Phi) is 6.41. The molecule has 154 valence electrons. The molecule has 1 atom stereocenters. The first kappa shape index (κ1) is 20.5. The summed E-state index contributed by atoms with van der Waals surface area (Å²) >= 11 is 6.35. The van der Waals surface area contributed by atoms with Gasteiger partial charge in [0.15, 0.2) is 11.5 Å². The average molecular weight is 420 g/mol. The largest absolute Gasteiger partial charge is 0.493 e. The molecule has 0 bridgehead atoms. The van der Waals surface area contributed by atoms with Crippen molar-refractivity contribution in [1.82, 2.24) is 4.90 Å². The van der Waals surface area contributed by atoms with E-state index < -0.39 is 0 Å². The quantitative estimate of drug-likeness (QED) is 0.487. The van der Waals surface area contributed by atoms with E-state index in [0.29, 0.717) is 0 Å². The van der Waals surface area contributed by atoms with Gasteiger partial charge in [-0.2, -0.15) is 0 Å². The van der Waals surface area contributed by atoms with Crippen LogP contribution in [0.2, 0.25) is 5.02 Å². The van der Waals surface area contributed by atoms with Gasteiger partial charge in [0.2, 0.25) is 0 Å². The van der Waals surface area contributed by atoms with Gasteiger partial charge in [-0.05, 0) is 52.9 Å². The Morgan fingerprint density at radius 1 is 0.967 bits per heavy atom. The van der Waals surface area contributed by atoms with Crippen molar-refractivity contribution in [2.24, 2.45) is 0 Å². The Balaban J connectivity index is 1.71. The van der Waals surface area contributed by atoms with Crippen molar-refractivity contribution in [2.75, 3.05) is 27.3 Å². The molecule has 0 aromatic heterocycles. The molecule has 1 aliphatic heterocycles. The van der Waals surface area contributed by atoms with Gasteiger partial charge < -0.3 is 9.47 Å². The van der Waals surface area contributed by atoms with Gasteiger partial charge in [-0.15, -0.1) is 0 Å². The maximum Gasteiger partial charge on any atom is 0.161 e. The van der Waals surface area contributed by atoms with Crippen LogP contribution >= 0.6 is 11.6 Å². The van der Waals surface area contributed by atoms with Crippen LogP contribution in [0.4, 0.5) is 0 Å². The monoisotopic (exact) mass is 419 g/mol. The molecule has 0 radical (unpaired) electrons. The van der Waals surface area contributed by atoms with Crippen LogP contribution in [0.25, 0.3) is 6.08 Å². The zero-order valence-electron chi connectivity index (χ0n) is 17.3. The van der Waals surface area contributed by atoms with Crippen LogP contribution in [-0.2, 0) is 6.42 Å². The van der Waals surface area contributed by atoms with Crippen LogP contribution in [0.15, 0.2) is 72.8 Å². The van der Waals surface area contributed by atoms with Gasteiger partial charge in [0.05, 0.1) is 20.3 Å². The Morgan fingerprint density at radius 3 is 2.47 bits per heavy atom. The van der Waals surface area contributed by atoms with E-state index in [0.717, 1.165) is 36.0 Å². The summed E-state index contributed by atoms with van der Waals surface area (Å²) in [5.41, 5.74) is 4.93. The molecule has 0 saturated heterocycles. The van der Waals surface area contributed by atoms with E-state index in [1.54, 1.807) is 14.2 Å². The van der Waals surface area contributed by atoms with E-state index in [1.807, 2.05) is 18.2 Å². The minimum atomic E-state index is 0.104. The Labute approximate surface area is 183 Å². The fourth-order valence-electron chi connectivity index (χ4n) is 4.15. The van der Waals surface area contributed by atoms with Crippen LogP contribution in [0.5, 0.6) is 11.5 Å². The highest BCUT2D eigenvalue weighted by Gasteiger charge is 2.30. The predicted octanol–water partition coefficient (Wildman–Crippen LogP) is 6.02. The average Bonchev–Trinajstić information content (AvgIpc) is 2.78. The second kappa shape index (κ2) is 9.38. The number of rotatable bonds is 6. The summed E-state index contributed by atoms with van der Waals surface area (Å²) in [7, 11) is 3.37. The molecule has 3 aromatic rings. The first-order valence-electron chi connectivity index (χ1n) is 10.2. The molecule has 3 aromatic carbocycles. The summed E-state index contributed by atoms with van der Waals surface area (Å²) in [4.78, 5) is 2.49. The molecule has 0 fully saturated rings. The number of ether oxygens (including phenoxy) is 2. The molecule has 0 unspecified atom stereocenters. The fourth-order valence-corrected chi connectivity index (χ4v) is 4.35. The second-order valence-electron chi connectivity index (χ2n) is 7.42. The van der Waals surface area contributed by atoms with Gasteiger partial charge in [0.25, 0.3) is 0 Å². The Hall–Kier alpha value is -2.75. The van der Waals surface area contributed by atoms with Gasteiger partial charge >= 0.3 is 0 Å². The molecule has 0 amide bonds. The lowest BCUT2D eigenvalue weighted by Crippen LogP contribution is -2.36. The summed E-state index contributed by atoms with van der Waals surface area (Å²) in [5, 5.41) is 0.750. The topological polar surface area (TPSA) is 21.7 Å². The fraction of sp³-hybridized carbons (Fsp3) is 0.231. The summed E-state index contributed by atoms with van der Waals surface area (Å²) in [6.07, 6.45) is 5.38. The van der Waals surface area contributed by atoms with Gasteiger partial charge in [-0.25, -0.2) is 0 Å². The summed E-state index contributed by atoms with van der Waals surface area (Å²) in [5.74, 6) is 1.53. The van der Waals surface area contributed by atoms with Crippen molar-refractivity contribution < 1.29 is 9.47 Å². The lowest BCUT2D eigenvalue weighted by atomic mass is 9.87. The second-order valence-corrected chi connectivity index (χ2v) is 7.86. The Bertz CT molecular complexity index is 1030. The Morgan fingerprint density at radius 2 is 1.73 bits per heavy atom. The van der Waals surface area contributed by atoms with Gasteiger partial charge in [-0.3, -0.25) is 4.90 Å². The highest BCUT2D eigenvalue weighted by atomic mass is 35.5. The van der Waals surface area contributed by atoms with Crippen LogP contribution in [0.1, 0.15) is 28.3 Å². The number of hydrogen-bond donors (Lipinski definition) is 0. The third-order valence-corrected chi connectivity index (χ3v) is 5.82. The maximum absolute atomic E-state index is 6.35. The lowest BCUT2D eigenvalue weighted by Gasteiger charge is -2.37. The van der Waals surface area contributed by atoms with Gasteiger partial charge in [-0.1, -0.05) is 66.2 Å². The molecule has 30 heavy (non-hydrogen) atoms. The van der Waals surface area contributed by atoms with Crippen molar-refractivity contribution in [1.29, 1.82) is 0 Å². The van der Waals surface area contributed by atoms with E-state index in [2.05, 4.69) is 65.6 Å². The molecule has 4 rings (SSSR count). The number of benzene rings is 3. The molecule has 0 spiro atoms. The van der Waals surface area contributed by atoms with E-state index in [4.69, 9.17) is 21.1 Å². The number of fused-ring (bicyclic) bond motifs is 1. The molecule has 0 N–H and O–H groups in total. The van der Waals surface area contributed by atoms with Crippen molar-refractivity contribution in [3.63, 3.8) is 0 Å². The lowest BCUT2D eigenvalue weighted by molar-refractivity contribution is 0.236. The first-order valence-corrected chi connectivity index (χ1v) is 10.5. The molecular formula is C26H26ClNO2. The first-order chi connectivity index (χ1) is 14.7. The highest BCUT2D eigenvalue weighted by molar-refractivity contribution is 6.30. The molecular weight excluding hydrogens is 394 g/mol. The number of nitrogens with zero attached hydrogens (tertiary/aromatic N) is 1. The van der Waals surface area contributed by atoms with Crippen molar-refractivity contribution in [3.05, 3.63) is 100 Å². The van der Waals surface area contributed by atoms with E-state index in [-0.39, 0.29) is 6.04 Å².